The van der Waals surface area contributed by atoms with Gasteiger partial charge in [0.25, 0.3) is 0 Å². The lowest BCUT2D eigenvalue weighted by atomic mass is 9.98. The van der Waals surface area contributed by atoms with Gasteiger partial charge in [-0.1, -0.05) is 19.0 Å². The standard InChI is InChI=1S/C11H18N2O5S/c1-8(2)5-9(11(14)15)6-12-19(16,17)7-10-3-4-18-13-10/h3-4,8-9,12H,5-7H2,1-2H3,(H,14,15). The molecule has 1 heterocycles. The molecule has 0 bridgehead atoms. The van der Waals surface area contributed by atoms with Gasteiger partial charge < -0.3 is 9.63 Å². The Morgan fingerprint density at radius 2 is 2.21 bits per heavy atom. The van der Waals surface area contributed by atoms with Gasteiger partial charge >= 0.3 is 5.97 Å². The van der Waals surface area contributed by atoms with E-state index in [0.29, 0.717) is 6.42 Å². The summed E-state index contributed by atoms with van der Waals surface area (Å²) in [4.78, 5) is 11.0. The van der Waals surface area contributed by atoms with Crippen molar-refractivity contribution < 1.29 is 22.8 Å². The fraction of sp³-hybridized carbons (Fsp3) is 0.636. The summed E-state index contributed by atoms with van der Waals surface area (Å²) in [5, 5.41) is 12.5. The maximum Gasteiger partial charge on any atom is 0.307 e. The Balaban J connectivity index is 2.55. The Kier molecular flexibility index (Phi) is 5.49. The van der Waals surface area contributed by atoms with Crippen molar-refractivity contribution in [2.45, 2.75) is 26.0 Å². The lowest BCUT2D eigenvalue weighted by Crippen LogP contribution is -2.34. The van der Waals surface area contributed by atoms with Crippen molar-refractivity contribution in [3.8, 4) is 0 Å². The second kappa shape index (κ2) is 6.67. The van der Waals surface area contributed by atoms with E-state index in [1.54, 1.807) is 0 Å². The van der Waals surface area contributed by atoms with E-state index in [-0.39, 0.29) is 23.9 Å². The summed E-state index contributed by atoms with van der Waals surface area (Å²) in [7, 11) is -3.60. The summed E-state index contributed by atoms with van der Waals surface area (Å²) in [6.07, 6.45) is 1.70. The van der Waals surface area contributed by atoms with Gasteiger partial charge in [0.2, 0.25) is 10.0 Å². The van der Waals surface area contributed by atoms with E-state index in [1.165, 1.54) is 12.3 Å². The molecule has 108 valence electrons. The van der Waals surface area contributed by atoms with Crippen LogP contribution in [0.5, 0.6) is 0 Å². The lowest BCUT2D eigenvalue weighted by molar-refractivity contribution is -0.142. The Hall–Kier alpha value is -1.41. The lowest BCUT2D eigenvalue weighted by Gasteiger charge is -2.15. The highest BCUT2D eigenvalue weighted by Gasteiger charge is 2.22. The molecule has 1 aromatic rings. The fourth-order valence-corrected chi connectivity index (χ4v) is 2.72. The zero-order chi connectivity index (χ0) is 14.5. The summed E-state index contributed by atoms with van der Waals surface area (Å²) < 4.78 is 30.3. The maximum absolute atomic E-state index is 11.7. The first-order valence-electron chi connectivity index (χ1n) is 5.89. The summed E-state index contributed by atoms with van der Waals surface area (Å²) in [6.45, 7) is 3.66. The smallest absolute Gasteiger partial charge is 0.307 e. The van der Waals surface area contributed by atoms with E-state index in [1.807, 2.05) is 13.8 Å². The molecule has 0 fully saturated rings. The summed E-state index contributed by atoms with van der Waals surface area (Å²) in [5.41, 5.74) is 0.281. The molecule has 1 atom stereocenters. The first-order chi connectivity index (χ1) is 8.80. The van der Waals surface area contributed by atoms with Crippen LogP contribution in [0.15, 0.2) is 16.9 Å². The van der Waals surface area contributed by atoms with Crippen molar-refractivity contribution >= 4 is 16.0 Å². The van der Waals surface area contributed by atoms with Crippen LogP contribution < -0.4 is 4.72 Å². The first-order valence-corrected chi connectivity index (χ1v) is 7.55. The van der Waals surface area contributed by atoms with Crippen LogP contribution in [0, 0.1) is 11.8 Å². The average Bonchev–Trinajstić information content (AvgIpc) is 2.75. The zero-order valence-electron chi connectivity index (χ0n) is 10.9. The van der Waals surface area contributed by atoms with E-state index in [0.717, 1.165) is 0 Å². The highest BCUT2D eigenvalue weighted by atomic mass is 32.2. The number of sulfonamides is 1. The summed E-state index contributed by atoms with van der Waals surface area (Å²) in [6, 6.07) is 1.45. The molecule has 0 spiro atoms. The van der Waals surface area contributed by atoms with Crippen LogP contribution >= 0.6 is 0 Å². The SMILES string of the molecule is CC(C)CC(CNS(=O)(=O)Cc1ccon1)C(=O)O. The predicted molar refractivity (Wildman–Crippen MR) is 67.7 cm³/mol. The average molecular weight is 290 g/mol. The van der Waals surface area contributed by atoms with Crippen molar-refractivity contribution in [2.75, 3.05) is 6.54 Å². The number of hydrogen-bond donors (Lipinski definition) is 2. The second-order valence-electron chi connectivity index (χ2n) is 4.76. The number of aromatic nitrogens is 1. The number of rotatable bonds is 8. The summed E-state index contributed by atoms with van der Waals surface area (Å²) in [5.74, 6) is -1.87. The molecular formula is C11H18N2O5S. The number of nitrogens with zero attached hydrogens (tertiary/aromatic N) is 1. The Bertz CT molecular complexity index is 495. The number of nitrogens with one attached hydrogen (secondary N) is 1. The molecule has 2 N–H and O–H groups in total. The number of carbonyl (C=O) groups is 1. The predicted octanol–water partition coefficient (Wildman–Crippen LogP) is 0.841. The molecule has 0 aliphatic carbocycles. The van der Waals surface area contributed by atoms with Crippen LogP contribution in [0.3, 0.4) is 0 Å². The monoisotopic (exact) mass is 290 g/mol. The molecule has 8 heteroatoms. The van der Waals surface area contributed by atoms with Crippen LogP contribution in [0.1, 0.15) is 26.0 Å². The molecule has 7 nitrogen and oxygen atoms in total. The fourth-order valence-electron chi connectivity index (χ4n) is 1.63. The van der Waals surface area contributed by atoms with Gasteiger partial charge in [0, 0.05) is 12.6 Å². The van der Waals surface area contributed by atoms with Gasteiger partial charge in [-0.3, -0.25) is 4.79 Å². The normalized spacial score (nSPS) is 13.6. The molecule has 0 aliphatic rings. The largest absolute Gasteiger partial charge is 0.481 e. The maximum atomic E-state index is 11.7. The van der Waals surface area contributed by atoms with Gasteiger partial charge in [-0.2, -0.15) is 0 Å². The molecule has 1 aromatic heterocycles. The quantitative estimate of drug-likeness (QED) is 0.734. The van der Waals surface area contributed by atoms with Gasteiger partial charge in [-0.15, -0.1) is 0 Å². The molecule has 0 aliphatic heterocycles. The van der Waals surface area contributed by atoms with Crippen molar-refractivity contribution in [2.24, 2.45) is 11.8 Å². The molecule has 1 unspecified atom stereocenters. The highest BCUT2D eigenvalue weighted by Crippen LogP contribution is 2.12. The molecule has 19 heavy (non-hydrogen) atoms. The van der Waals surface area contributed by atoms with Crippen molar-refractivity contribution in [1.82, 2.24) is 9.88 Å². The second-order valence-corrected chi connectivity index (χ2v) is 6.57. The van der Waals surface area contributed by atoms with E-state index in [9.17, 15) is 13.2 Å². The molecule has 0 amide bonds. The number of hydrogen-bond acceptors (Lipinski definition) is 5. The third-order valence-electron chi connectivity index (χ3n) is 2.48. The Morgan fingerprint density at radius 1 is 1.53 bits per heavy atom. The third-order valence-corrected chi connectivity index (χ3v) is 3.77. The zero-order valence-corrected chi connectivity index (χ0v) is 11.7. The van der Waals surface area contributed by atoms with Gasteiger partial charge in [-0.25, -0.2) is 13.1 Å². The van der Waals surface area contributed by atoms with Gasteiger partial charge in [0.05, 0.1) is 11.6 Å². The van der Waals surface area contributed by atoms with Crippen molar-refractivity contribution in [3.63, 3.8) is 0 Å². The molecule has 0 radical (unpaired) electrons. The molecule has 1 rings (SSSR count). The van der Waals surface area contributed by atoms with Crippen LogP contribution in [-0.2, 0) is 20.6 Å². The van der Waals surface area contributed by atoms with Gasteiger partial charge in [0.1, 0.15) is 12.0 Å². The highest BCUT2D eigenvalue weighted by molar-refractivity contribution is 7.88. The van der Waals surface area contributed by atoms with Crippen molar-refractivity contribution in [3.05, 3.63) is 18.0 Å². The van der Waals surface area contributed by atoms with E-state index in [2.05, 4.69) is 14.4 Å². The minimum Gasteiger partial charge on any atom is -0.481 e. The van der Waals surface area contributed by atoms with Crippen LogP contribution in [0.4, 0.5) is 0 Å². The number of carboxylic acids is 1. The Labute approximate surface area is 112 Å². The minimum atomic E-state index is -3.60. The first kappa shape index (κ1) is 15.6. The van der Waals surface area contributed by atoms with E-state index >= 15 is 0 Å². The Morgan fingerprint density at radius 3 is 2.68 bits per heavy atom. The van der Waals surface area contributed by atoms with Crippen LogP contribution in [-0.4, -0.2) is 31.2 Å². The van der Waals surface area contributed by atoms with E-state index < -0.39 is 21.9 Å². The molecule has 0 aromatic carbocycles. The molecular weight excluding hydrogens is 272 g/mol. The van der Waals surface area contributed by atoms with Crippen LogP contribution in [0.2, 0.25) is 0 Å². The summed E-state index contributed by atoms with van der Waals surface area (Å²) >= 11 is 0. The topological polar surface area (TPSA) is 110 Å². The van der Waals surface area contributed by atoms with E-state index in [4.69, 9.17) is 5.11 Å². The van der Waals surface area contributed by atoms with Crippen LogP contribution in [0.25, 0.3) is 0 Å². The molecule has 0 saturated heterocycles. The number of carboxylic acid groups (broad SMARTS) is 1. The minimum absolute atomic E-state index is 0.117. The van der Waals surface area contributed by atoms with Gasteiger partial charge in [0.15, 0.2) is 0 Å². The number of aliphatic carboxylic acids is 1. The third kappa shape index (κ3) is 5.84. The van der Waals surface area contributed by atoms with Gasteiger partial charge in [-0.05, 0) is 12.3 Å². The van der Waals surface area contributed by atoms with Crippen molar-refractivity contribution in [1.29, 1.82) is 0 Å². The molecule has 0 saturated carbocycles.